The first-order valence-electron chi connectivity index (χ1n) is 7.92. The number of methoxy groups -OCH3 is 1. The molecule has 1 aromatic carbocycles. The zero-order chi connectivity index (χ0) is 17.1. The van der Waals surface area contributed by atoms with Crippen LogP contribution in [-0.2, 0) is 11.3 Å². The lowest BCUT2D eigenvalue weighted by molar-refractivity contribution is -0.125. The molecule has 24 heavy (non-hydrogen) atoms. The van der Waals surface area contributed by atoms with Gasteiger partial charge in [-0.2, -0.15) is 0 Å². The average molecular weight is 347 g/mol. The molecule has 0 radical (unpaired) electrons. The van der Waals surface area contributed by atoms with Gasteiger partial charge in [-0.15, -0.1) is 11.3 Å². The van der Waals surface area contributed by atoms with Gasteiger partial charge in [0.1, 0.15) is 5.01 Å². The molecule has 3 rings (SSSR count). The third-order valence-corrected chi connectivity index (χ3v) is 5.13. The highest BCUT2D eigenvalue weighted by atomic mass is 32.1. The molecule has 1 amide bonds. The van der Waals surface area contributed by atoms with Crippen LogP contribution < -0.4 is 10.1 Å². The molecule has 2 aromatic rings. The summed E-state index contributed by atoms with van der Waals surface area (Å²) < 4.78 is 5.15. The Kier molecular flexibility index (Phi) is 5.01. The summed E-state index contributed by atoms with van der Waals surface area (Å²) in [7, 11) is 1.53. The van der Waals surface area contributed by atoms with Crippen LogP contribution >= 0.6 is 11.3 Å². The van der Waals surface area contributed by atoms with Gasteiger partial charge in [-0.1, -0.05) is 0 Å². The van der Waals surface area contributed by atoms with Gasteiger partial charge in [-0.3, -0.25) is 9.69 Å². The van der Waals surface area contributed by atoms with Gasteiger partial charge in [0.2, 0.25) is 5.91 Å². The van der Waals surface area contributed by atoms with Gasteiger partial charge in [0, 0.05) is 30.6 Å². The maximum absolute atomic E-state index is 11.9. The fraction of sp³-hybridized carbons (Fsp3) is 0.412. The summed E-state index contributed by atoms with van der Waals surface area (Å²) in [5.74, 6) is 0.621. The molecule has 7 heteroatoms. The first-order chi connectivity index (χ1) is 11.6. The fourth-order valence-electron chi connectivity index (χ4n) is 2.75. The second kappa shape index (κ2) is 7.19. The molecule has 0 saturated carbocycles. The van der Waals surface area contributed by atoms with Gasteiger partial charge in [-0.25, -0.2) is 4.98 Å². The molecule has 1 atom stereocenters. The number of nitrogens with zero attached hydrogens (tertiary/aromatic N) is 2. The van der Waals surface area contributed by atoms with E-state index in [1.807, 2.05) is 18.4 Å². The monoisotopic (exact) mass is 347 g/mol. The van der Waals surface area contributed by atoms with E-state index in [4.69, 9.17) is 4.74 Å². The van der Waals surface area contributed by atoms with E-state index >= 15 is 0 Å². The standard InChI is InChI=1S/C17H21N3O3S/c1-11-16(22)18-6-3-7-20(11)9-13-10-24-17(19-13)12-4-5-14(21)15(8-12)23-2/h4-5,8,10-11,21H,3,6-7,9H2,1-2H3,(H,18,22). The Hall–Kier alpha value is -2.12. The number of hydrogen-bond acceptors (Lipinski definition) is 6. The number of ether oxygens (including phenoxy) is 1. The Morgan fingerprint density at radius 2 is 2.33 bits per heavy atom. The molecule has 1 fully saturated rings. The lowest BCUT2D eigenvalue weighted by Crippen LogP contribution is -2.41. The molecule has 1 unspecified atom stereocenters. The fourth-order valence-corrected chi connectivity index (χ4v) is 3.56. The number of thiazole rings is 1. The Balaban J connectivity index is 1.77. The largest absolute Gasteiger partial charge is 0.504 e. The topological polar surface area (TPSA) is 74.7 Å². The van der Waals surface area contributed by atoms with Crippen LogP contribution in [0.1, 0.15) is 19.0 Å². The molecule has 0 spiro atoms. The second-order valence-corrected chi connectivity index (χ2v) is 6.68. The first kappa shape index (κ1) is 16.7. The third-order valence-electron chi connectivity index (χ3n) is 4.19. The SMILES string of the molecule is COc1cc(-c2nc(CN3CCCNC(=O)C3C)cs2)ccc1O. The zero-order valence-electron chi connectivity index (χ0n) is 13.8. The van der Waals surface area contributed by atoms with Crippen molar-refractivity contribution in [2.75, 3.05) is 20.2 Å². The van der Waals surface area contributed by atoms with Crippen LogP contribution in [0.5, 0.6) is 11.5 Å². The number of aromatic hydroxyl groups is 1. The van der Waals surface area contributed by atoms with E-state index in [9.17, 15) is 9.90 Å². The smallest absolute Gasteiger partial charge is 0.237 e. The van der Waals surface area contributed by atoms with Crippen molar-refractivity contribution in [3.05, 3.63) is 29.3 Å². The van der Waals surface area contributed by atoms with Gasteiger partial charge < -0.3 is 15.2 Å². The second-order valence-electron chi connectivity index (χ2n) is 5.82. The van der Waals surface area contributed by atoms with E-state index in [2.05, 4.69) is 15.2 Å². The molecule has 6 nitrogen and oxygen atoms in total. The molecule has 1 aliphatic rings. The Labute approximate surface area is 145 Å². The van der Waals surface area contributed by atoms with Crippen LogP contribution in [0.25, 0.3) is 10.6 Å². The van der Waals surface area contributed by atoms with Crippen LogP contribution in [0.15, 0.2) is 23.6 Å². The van der Waals surface area contributed by atoms with Gasteiger partial charge in [0.25, 0.3) is 0 Å². The van der Waals surface area contributed by atoms with Gasteiger partial charge in [0.05, 0.1) is 18.8 Å². The highest BCUT2D eigenvalue weighted by molar-refractivity contribution is 7.13. The molecular weight excluding hydrogens is 326 g/mol. The average Bonchev–Trinajstić information content (AvgIpc) is 2.99. The summed E-state index contributed by atoms with van der Waals surface area (Å²) in [4.78, 5) is 18.8. The van der Waals surface area contributed by atoms with Crippen LogP contribution in [0.4, 0.5) is 0 Å². The van der Waals surface area contributed by atoms with E-state index in [1.54, 1.807) is 23.5 Å². The van der Waals surface area contributed by atoms with E-state index in [0.29, 0.717) is 12.3 Å². The molecule has 1 aromatic heterocycles. The lowest BCUT2D eigenvalue weighted by Gasteiger charge is -2.24. The number of amides is 1. The summed E-state index contributed by atoms with van der Waals surface area (Å²) in [5, 5.41) is 15.5. The minimum absolute atomic E-state index is 0.0752. The number of hydrogen-bond donors (Lipinski definition) is 2. The van der Waals surface area contributed by atoms with E-state index in [1.165, 1.54) is 7.11 Å². The third kappa shape index (κ3) is 3.52. The highest BCUT2D eigenvalue weighted by Gasteiger charge is 2.24. The number of carbonyl (C=O) groups is 1. The first-order valence-corrected chi connectivity index (χ1v) is 8.80. The van der Waals surface area contributed by atoms with Crippen LogP contribution in [0.3, 0.4) is 0 Å². The molecule has 0 aliphatic carbocycles. The predicted octanol–water partition coefficient (Wildman–Crippen LogP) is 2.23. The maximum atomic E-state index is 11.9. The van der Waals surface area contributed by atoms with Crippen LogP contribution in [-0.4, -0.2) is 47.1 Å². The Bertz CT molecular complexity index is 732. The number of phenolic OH excluding ortho intramolecular Hbond substituents is 1. The van der Waals surface area contributed by atoms with Crippen molar-refractivity contribution < 1.29 is 14.6 Å². The summed E-state index contributed by atoms with van der Waals surface area (Å²) in [6, 6.07) is 5.06. The Morgan fingerprint density at radius 3 is 3.12 bits per heavy atom. The summed E-state index contributed by atoms with van der Waals surface area (Å²) in [6.45, 7) is 4.19. The van der Waals surface area contributed by atoms with Crippen molar-refractivity contribution in [2.24, 2.45) is 0 Å². The van der Waals surface area contributed by atoms with Gasteiger partial charge in [0.15, 0.2) is 11.5 Å². The quantitative estimate of drug-likeness (QED) is 0.887. The number of carbonyl (C=O) groups excluding carboxylic acids is 1. The van der Waals surface area contributed by atoms with Crippen LogP contribution in [0, 0.1) is 0 Å². The minimum atomic E-state index is -0.147. The normalized spacial score (nSPS) is 18.9. The summed E-state index contributed by atoms with van der Waals surface area (Å²) in [5.41, 5.74) is 1.85. The molecule has 2 N–H and O–H groups in total. The predicted molar refractivity (Wildman–Crippen MR) is 93.3 cm³/mol. The number of benzene rings is 1. The minimum Gasteiger partial charge on any atom is -0.504 e. The van der Waals surface area contributed by atoms with Gasteiger partial charge >= 0.3 is 0 Å². The Morgan fingerprint density at radius 1 is 1.50 bits per heavy atom. The highest BCUT2D eigenvalue weighted by Crippen LogP contribution is 2.33. The van der Waals surface area contributed by atoms with Crippen molar-refractivity contribution >= 4 is 17.2 Å². The number of nitrogens with one attached hydrogen (secondary N) is 1. The molecule has 0 bridgehead atoms. The number of rotatable bonds is 4. The van der Waals surface area contributed by atoms with Crippen molar-refractivity contribution in [2.45, 2.75) is 25.9 Å². The molecule has 1 saturated heterocycles. The van der Waals surface area contributed by atoms with Crippen molar-refractivity contribution in [1.82, 2.24) is 15.2 Å². The van der Waals surface area contributed by atoms with Crippen LogP contribution in [0.2, 0.25) is 0 Å². The molecule has 128 valence electrons. The molecule has 2 heterocycles. The van der Waals surface area contributed by atoms with Crippen molar-refractivity contribution in [3.8, 4) is 22.1 Å². The van der Waals surface area contributed by atoms with E-state index in [-0.39, 0.29) is 17.7 Å². The summed E-state index contributed by atoms with van der Waals surface area (Å²) >= 11 is 1.55. The lowest BCUT2D eigenvalue weighted by atomic mass is 10.2. The molecule has 1 aliphatic heterocycles. The zero-order valence-corrected chi connectivity index (χ0v) is 14.6. The van der Waals surface area contributed by atoms with Gasteiger partial charge in [-0.05, 0) is 31.5 Å². The number of aromatic nitrogens is 1. The van der Waals surface area contributed by atoms with Crippen molar-refractivity contribution in [3.63, 3.8) is 0 Å². The molecular formula is C17H21N3O3S. The maximum Gasteiger partial charge on any atom is 0.237 e. The number of phenols is 1. The van der Waals surface area contributed by atoms with E-state index in [0.717, 1.165) is 35.8 Å². The van der Waals surface area contributed by atoms with Crippen molar-refractivity contribution in [1.29, 1.82) is 0 Å². The van der Waals surface area contributed by atoms with E-state index < -0.39 is 0 Å². The summed E-state index contributed by atoms with van der Waals surface area (Å²) in [6.07, 6.45) is 0.947.